The summed E-state index contributed by atoms with van der Waals surface area (Å²) in [5, 5.41) is 14.1. The first-order chi connectivity index (χ1) is 13.9. The third-order valence-electron chi connectivity index (χ3n) is 7.04. The summed E-state index contributed by atoms with van der Waals surface area (Å²) >= 11 is 1.63. The van der Waals surface area contributed by atoms with Gasteiger partial charge >= 0.3 is 0 Å². The first-order valence-electron chi connectivity index (χ1n) is 11.0. The minimum Gasteiger partial charge on any atom is -0.353 e. The molecule has 4 rings (SSSR count). The number of hydrogen-bond donors (Lipinski definition) is 1. The van der Waals surface area contributed by atoms with E-state index in [0.717, 1.165) is 42.6 Å². The number of carbonyl (C=O) groups is 1. The van der Waals surface area contributed by atoms with Gasteiger partial charge in [-0.05, 0) is 57.1 Å². The second kappa shape index (κ2) is 8.46. The van der Waals surface area contributed by atoms with Crippen molar-refractivity contribution in [2.75, 3.05) is 18.0 Å². The second-order valence-electron chi connectivity index (χ2n) is 8.96. The number of anilines is 1. The van der Waals surface area contributed by atoms with E-state index in [1.165, 1.54) is 24.2 Å². The summed E-state index contributed by atoms with van der Waals surface area (Å²) in [6.07, 6.45) is 5.42. The van der Waals surface area contributed by atoms with Gasteiger partial charge in [-0.15, -0.1) is 10.2 Å². The van der Waals surface area contributed by atoms with E-state index in [1.54, 1.807) is 11.3 Å². The van der Waals surface area contributed by atoms with Crippen molar-refractivity contribution in [1.29, 1.82) is 0 Å². The van der Waals surface area contributed by atoms with Crippen LogP contribution in [0.15, 0.2) is 12.1 Å². The zero-order valence-corrected chi connectivity index (χ0v) is 18.8. The average Bonchev–Trinajstić information content (AvgIpc) is 3.32. The van der Waals surface area contributed by atoms with Crippen molar-refractivity contribution >= 4 is 22.4 Å². The molecule has 1 aliphatic carbocycles. The number of piperidine rings is 1. The summed E-state index contributed by atoms with van der Waals surface area (Å²) < 4.78 is 2.15. The maximum Gasteiger partial charge on any atom is 0.223 e. The molecule has 0 spiro atoms. The highest BCUT2D eigenvalue weighted by molar-refractivity contribution is 7.17. The molecule has 1 amide bonds. The van der Waals surface area contributed by atoms with Crippen molar-refractivity contribution in [2.24, 2.45) is 17.8 Å². The first kappa shape index (κ1) is 20.4. The smallest absolute Gasteiger partial charge is 0.223 e. The maximum absolute atomic E-state index is 12.8. The average molecular weight is 416 g/mol. The van der Waals surface area contributed by atoms with E-state index in [0.29, 0.717) is 17.9 Å². The minimum atomic E-state index is 0.122. The number of amides is 1. The molecule has 2 aromatic heterocycles. The van der Waals surface area contributed by atoms with E-state index >= 15 is 0 Å². The molecule has 1 saturated heterocycles. The molecule has 29 heavy (non-hydrogen) atoms. The van der Waals surface area contributed by atoms with Crippen LogP contribution in [-0.2, 0) is 4.79 Å². The number of carbonyl (C=O) groups excluding carboxylic acids is 1. The quantitative estimate of drug-likeness (QED) is 0.816. The van der Waals surface area contributed by atoms with Crippen molar-refractivity contribution in [3.05, 3.63) is 23.5 Å². The van der Waals surface area contributed by atoms with Gasteiger partial charge < -0.3 is 10.2 Å². The van der Waals surface area contributed by atoms with Gasteiger partial charge in [-0.3, -0.25) is 9.36 Å². The standard InChI is InChI=1S/C22H33N5OS/c1-14-6-5-7-19(17(14)4)23-20(28)18-10-12-26(13-11-18)21-24-25-22(29-21)27-15(2)8-9-16(27)3/h8-9,14,17-19H,5-7,10-13H2,1-4H3,(H,23,28)/t14-,17+,19-/m1/s1. The van der Waals surface area contributed by atoms with Crippen molar-refractivity contribution in [3.8, 4) is 5.13 Å². The van der Waals surface area contributed by atoms with Crippen molar-refractivity contribution in [3.63, 3.8) is 0 Å². The summed E-state index contributed by atoms with van der Waals surface area (Å²) in [6.45, 7) is 10.5. The number of aromatic nitrogens is 3. The van der Waals surface area contributed by atoms with Gasteiger partial charge in [0, 0.05) is 36.4 Å². The van der Waals surface area contributed by atoms with Crippen LogP contribution in [0.2, 0.25) is 0 Å². The Hall–Kier alpha value is -1.89. The fourth-order valence-electron chi connectivity index (χ4n) is 4.82. The Balaban J connectivity index is 1.33. The molecule has 3 heterocycles. The second-order valence-corrected chi connectivity index (χ2v) is 9.90. The largest absolute Gasteiger partial charge is 0.353 e. The molecule has 0 radical (unpaired) electrons. The molecule has 2 aromatic rings. The zero-order valence-electron chi connectivity index (χ0n) is 18.0. The molecule has 1 N–H and O–H groups in total. The molecule has 158 valence electrons. The molecular formula is C22H33N5OS. The van der Waals surface area contributed by atoms with Crippen LogP contribution in [0, 0.1) is 31.6 Å². The van der Waals surface area contributed by atoms with E-state index < -0.39 is 0 Å². The molecule has 6 nitrogen and oxygen atoms in total. The molecule has 0 bridgehead atoms. The Morgan fingerprint density at radius 3 is 2.38 bits per heavy atom. The Bertz CT molecular complexity index is 832. The normalized spacial score (nSPS) is 25.9. The zero-order chi connectivity index (χ0) is 20.5. The van der Waals surface area contributed by atoms with Gasteiger partial charge in [0.15, 0.2) is 0 Å². The molecule has 1 saturated carbocycles. The van der Waals surface area contributed by atoms with Gasteiger partial charge in [0.25, 0.3) is 0 Å². The summed E-state index contributed by atoms with van der Waals surface area (Å²) in [5.41, 5.74) is 2.35. The molecule has 0 unspecified atom stereocenters. The number of nitrogens with zero attached hydrogens (tertiary/aromatic N) is 4. The third kappa shape index (κ3) is 4.20. The number of hydrogen-bond acceptors (Lipinski definition) is 5. The molecule has 3 atom stereocenters. The summed E-state index contributed by atoms with van der Waals surface area (Å²) in [4.78, 5) is 15.1. The van der Waals surface area contributed by atoms with E-state index in [2.05, 4.69) is 64.8 Å². The van der Waals surface area contributed by atoms with Crippen molar-refractivity contribution < 1.29 is 4.79 Å². The van der Waals surface area contributed by atoms with Crippen LogP contribution in [0.4, 0.5) is 5.13 Å². The van der Waals surface area contributed by atoms with E-state index in [4.69, 9.17) is 0 Å². The lowest BCUT2D eigenvalue weighted by Crippen LogP contribution is -2.48. The summed E-state index contributed by atoms with van der Waals surface area (Å²) in [5.74, 6) is 1.66. The number of nitrogens with one attached hydrogen (secondary N) is 1. The van der Waals surface area contributed by atoms with Crippen LogP contribution in [0.5, 0.6) is 0 Å². The van der Waals surface area contributed by atoms with E-state index in [1.807, 2.05) is 0 Å². The van der Waals surface area contributed by atoms with Crippen LogP contribution < -0.4 is 10.2 Å². The lowest BCUT2D eigenvalue weighted by molar-refractivity contribution is -0.127. The number of aryl methyl sites for hydroxylation is 2. The maximum atomic E-state index is 12.8. The molecule has 2 fully saturated rings. The monoisotopic (exact) mass is 415 g/mol. The Morgan fingerprint density at radius 1 is 1.03 bits per heavy atom. The molecule has 0 aromatic carbocycles. The van der Waals surface area contributed by atoms with Crippen LogP contribution in [0.1, 0.15) is 57.3 Å². The lowest BCUT2D eigenvalue weighted by atomic mass is 9.78. The minimum absolute atomic E-state index is 0.122. The van der Waals surface area contributed by atoms with Gasteiger partial charge in [-0.2, -0.15) is 0 Å². The fraction of sp³-hybridized carbons (Fsp3) is 0.682. The van der Waals surface area contributed by atoms with Gasteiger partial charge in [0.1, 0.15) is 0 Å². The van der Waals surface area contributed by atoms with Crippen LogP contribution in [0.3, 0.4) is 0 Å². The number of rotatable bonds is 4. The Morgan fingerprint density at radius 2 is 1.69 bits per heavy atom. The predicted molar refractivity (Wildman–Crippen MR) is 118 cm³/mol. The highest BCUT2D eigenvalue weighted by Gasteiger charge is 2.32. The Labute approximate surface area is 177 Å². The van der Waals surface area contributed by atoms with Crippen LogP contribution in [-0.4, -0.2) is 39.8 Å². The van der Waals surface area contributed by atoms with E-state index in [-0.39, 0.29) is 11.8 Å². The summed E-state index contributed by atoms with van der Waals surface area (Å²) in [7, 11) is 0. The molecule has 2 aliphatic rings. The summed E-state index contributed by atoms with van der Waals surface area (Å²) in [6, 6.07) is 4.56. The highest BCUT2D eigenvalue weighted by atomic mass is 32.1. The van der Waals surface area contributed by atoms with E-state index in [9.17, 15) is 4.79 Å². The van der Waals surface area contributed by atoms with Crippen LogP contribution >= 0.6 is 11.3 Å². The highest BCUT2D eigenvalue weighted by Crippen LogP contribution is 2.31. The SMILES string of the molecule is Cc1ccc(C)n1-c1nnc(N2CCC(C(=O)N[C@@H]3CCC[C@@H](C)[C@@H]3C)CC2)s1. The first-order valence-corrected chi connectivity index (χ1v) is 11.8. The van der Waals surface area contributed by atoms with Crippen molar-refractivity contribution in [2.45, 2.75) is 65.8 Å². The van der Waals surface area contributed by atoms with Gasteiger partial charge in [0.2, 0.25) is 16.2 Å². The molecule has 7 heteroatoms. The van der Waals surface area contributed by atoms with Gasteiger partial charge in [0.05, 0.1) is 0 Å². The third-order valence-corrected chi connectivity index (χ3v) is 8.01. The van der Waals surface area contributed by atoms with Crippen molar-refractivity contribution in [1.82, 2.24) is 20.1 Å². The predicted octanol–water partition coefficient (Wildman–Crippen LogP) is 4.10. The molecular weight excluding hydrogens is 382 g/mol. The topological polar surface area (TPSA) is 63.1 Å². The van der Waals surface area contributed by atoms with Gasteiger partial charge in [-0.1, -0.05) is 38.0 Å². The van der Waals surface area contributed by atoms with Gasteiger partial charge in [-0.25, -0.2) is 0 Å². The fourth-order valence-corrected chi connectivity index (χ4v) is 5.83. The van der Waals surface area contributed by atoms with Crippen LogP contribution in [0.25, 0.3) is 5.13 Å². The molecule has 1 aliphatic heterocycles. The Kier molecular flexibility index (Phi) is 5.95. The lowest BCUT2D eigenvalue weighted by Gasteiger charge is -2.36.